The Kier molecular flexibility index (Phi) is 4.58. The molecule has 5 rings (SSSR count). The average molecular weight is 399 g/mol. The van der Waals surface area contributed by atoms with E-state index in [9.17, 15) is 9.18 Å². The molecule has 0 spiro atoms. The summed E-state index contributed by atoms with van der Waals surface area (Å²) in [5.41, 5.74) is 4.47. The van der Waals surface area contributed by atoms with Crippen LogP contribution in [-0.2, 0) is 11.3 Å². The topological polar surface area (TPSA) is 38.1 Å². The Labute approximate surface area is 174 Å². The molecule has 2 heterocycles. The highest BCUT2D eigenvalue weighted by Gasteiger charge is 2.35. The van der Waals surface area contributed by atoms with Crippen molar-refractivity contribution >= 4 is 22.6 Å². The number of halogens is 1. The van der Waals surface area contributed by atoms with Crippen LogP contribution in [0.4, 0.5) is 10.1 Å². The molecule has 0 radical (unpaired) electrons. The quantitative estimate of drug-likeness (QED) is 0.481. The first-order valence-electron chi connectivity index (χ1n) is 10.2. The largest absolute Gasteiger partial charge is 0.323 e. The molecule has 30 heavy (non-hydrogen) atoms. The smallest absolute Gasteiger partial charge is 0.227 e. The second kappa shape index (κ2) is 7.41. The van der Waals surface area contributed by atoms with E-state index in [0.29, 0.717) is 25.1 Å². The summed E-state index contributed by atoms with van der Waals surface area (Å²) in [5, 5.41) is 0. The van der Waals surface area contributed by atoms with Gasteiger partial charge in [-0.3, -0.25) is 4.79 Å². The molecule has 3 aromatic carbocycles. The Bertz CT molecular complexity index is 1250. The first-order valence-corrected chi connectivity index (χ1v) is 10.2. The maximum absolute atomic E-state index is 14.4. The lowest BCUT2D eigenvalue weighted by atomic mass is 10.1. The molecule has 4 nitrogen and oxygen atoms in total. The van der Waals surface area contributed by atoms with Gasteiger partial charge in [0.25, 0.3) is 0 Å². The third-order valence-corrected chi connectivity index (χ3v) is 5.77. The van der Waals surface area contributed by atoms with Gasteiger partial charge in [-0.15, -0.1) is 0 Å². The number of para-hydroxylation sites is 2. The Morgan fingerprint density at radius 1 is 1.03 bits per heavy atom. The normalized spacial score (nSPS) is 16.5. The fourth-order valence-corrected chi connectivity index (χ4v) is 4.29. The van der Waals surface area contributed by atoms with Gasteiger partial charge in [0.05, 0.1) is 17.6 Å². The van der Waals surface area contributed by atoms with Crippen LogP contribution in [0.5, 0.6) is 0 Å². The number of hydrogen-bond donors (Lipinski definition) is 0. The molecule has 4 aromatic rings. The van der Waals surface area contributed by atoms with Crippen molar-refractivity contribution in [2.24, 2.45) is 0 Å². The summed E-state index contributed by atoms with van der Waals surface area (Å²) < 4.78 is 16.4. The monoisotopic (exact) mass is 399 g/mol. The van der Waals surface area contributed by atoms with Crippen molar-refractivity contribution in [1.29, 1.82) is 0 Å². The molecule has 5 heteroatoms. The number of rotatable bonds is 4. The Balaban J connectivity index is 1.54. The van der Waals surface area contributed by atoms with Gasteiger partial charge in [-0.05, 0) is 42.8 Å². The minimum atomic E-state index is -0.231. The maximum atomic E-state index is 14.4. The van der Waals surface area contributed by atoms with Crippen LogP contribution < -0.4 is 4.90 Å². The molecule has 1 aliphatic heterocycles. The van der Waals surface area contributed by atoms with Crippen molar-refractivity contribution in [1.82, 2.24) is 9.55 Å². The molecule has 0 N–H and O–H groups in total. The summed E-state index contributed by atoms with van der Waals surface area (Å²) in [5.74, 6) is 0.653. The fourth-order valence-electron chi connectivity index (χ4n) is 4.29. The zero-order chi connectivity index (χ0) is 20.7. The van der Waals surface area contributed by atoms with Crippen molar-refractivity contribution < 1.29 is 9.18 Å². The van der Waals surface area contributed by atoms with E-state index in [4.69, 9.17) is 4.98 Å². The van der Waals surface area contributed by atoms with E-state index in [1.807, 2.05) is 66.4 Å². The molecular weight excluding hydrogens is 377 g/mol. The molecule has 1 amide bonds. The lowest BCUT2D eigenvalue weighted by Crippen LogP contribution is -2.24. The van der Waals surface area contributed by atoms with E-state index in [2.05, 4.69) is 4.57 Å². The van der Waals surface area contributed by atoms with Gasteiger partial charge in [0.15, 0.2) is 0 Å². The van der Waals surface area contributed by atoms with Gasteiger partial charge in [0.2, 0.25) is 5.91 Å². The van der Waals surface area contributed by atoms with Crippen LogP contribution in [0.25, 0.3) is 11.0 Å². The second-order valence-electron chi connectivity index (χ2n) is 7.88. The number of carbonyl (C=O) groups excluding carboxylic acids is 1. The number of aryl methyl sites for hydroxylation is 1. The summed E-state index contributed by atoms with van der Waals surface area (Å²) in [6, 6.07) is 22.7. The van der Waals surface area contributed by atoms with Crippen LogP contribution in [-0.4, -0.2) is 22.0 Å². The first-order chi connectivity index (χ1) is 14.6. The van der Waals surface area contributed by atoms with Crippen molar-refractivity contribution in [2.75, 3.05) is 11.4 Å². The predicted octanol–water partition coefficient (Wildman–Crippen LogP) is 5.05. The Morgan fingerprint density at radius 2 is 1.83 bits per heavy atom. The van der Waals surface area contributed by atoms with Crippen LogP contribution in [0.15, 0.2) is 72.8 Å². The van der Waals surface area contributed by atoms with Crippen LogP contribution in [0.1, 0.15) is 29.3 Å². The van der Waals surface area contributed by atoms with E-state index in [1.54, 1.807) is 12.1 Å². The molecule has 0 saturated carbocycles. The van der Waals surface area contributed by atoms with Crippen LogP contribution >= 0.6 is 0 Å². The highest BCUT2D eigenvalue weighted by molar-refractivity contribution is 5.96. The van der Waals surface area contributed by atoms with E-state index >= 15 is 0 Å². The second-order valence-corrected chi connectivity index (χ2v) is 7.88. The van der Waals surface area contributed by atoms with E-state index < -0.39 is 0 Å². The van der Waals surface area contributed by atoms with Gasteiger partial charge >= 0.3 is 0 Å². The third-order valence-electron chi connectivity index (χ3n) is 5.77. The van der Waals surface area contributed by atoms with Crippen LogP contribution in [0, 0.1) is 12.7 Å². The molecule has 0 aliphatic carbocycles. The summed E-state index contributed by atoms with van der Waals surface area (Å²) in [6.45, 7) is 2.98. The van der Waals surface area contributed by atoms with Crippen molar-refractivity contribution in [3.8, 4) is 0 Å². The number of nitrogens with zero attached hydrogens (tertiary/aromatic N) is 3. The predicted molar refractivity (Wildman–Crippen MR) is 116 cm³/mol. The zero-order valence-corrected chi connectivity index (χ0v) is 16.8. The maximum Gasteiger partial charge on any atom is 0.227 e. The average Bonchev–Trinajstić information content (AvgIpc) is 3.30. The fraction of sp³-hybridized carbons (Fsp3) is 0.200. The van der Waals surface area contributed by atoms with Gasteiger partial charge in [0, 0.05) is 30.1 Å². The summed E-state index contributed by atoms with van der Waals surface area (Å²) in [4.78, 5) is 19.5. The molecule has 1 aliphatic rings. The van der Waals surface area contributed by atoms with E-state index in [-0.39, 0.29) is 17.6 Å². The van der Waals surface area contributed by atoms with Gasteiger partial charge < -0.3 is 9.47 Å². The summed E-state index contributed by atoms with van der Waals surface area (Å²) in [7, 11) is 0. The zero-order valence-electron chi connectivity index (χ0n) is 16.8. The standard InChI is InChI=1S/C25H22FN3O/c1-17-7-6-9-20(13-17)28-16-19(14-24(28)30)25-27-22-11-4-5-12-23(22)29(25)15-18-8-2-3-10-21(18)26/h2-13,19H,14-16H2,1H3/t19-/m0/s1. The molecule has 1 aromatic heterocycles. The van der Waals surface area contributed by atoms with Crippen molar-refractivity contribution in [3.05, 3.63) is 95.6 Å². The number of fused-ring (bicyclic) bond motifs is 1. The first kappa shape index (κ1) is 18.6. The van der Waals surface area contributed by atoms with E-state index in [0.717, 1.165) is 28.1 Å². The lowest BCUT2D eigenvalue weighted by molar-refractivity contribution is -0.117. The lowest BCUT2D eigenvalue weighted by Gasteiger charge is -2.18. The molecule has 1 atom stereocenters. The number of benzene rings is 3. The molecule has 1 fully saturated rings. The molecular formula is C25H22FN3O. The SMILES string of the molecule is Cc1cccc(N2C[C@@H](c3nc4ccccc4n3Cc3ccccc3F)CC2=O)c1. The Morgan fingerprint density at radius 3 is 2.67 bits per heavy atom. The molecule has 150 valence electrons. The highest BCUT2D eigenvalue weighted by atomic mass is 19.1. The molecule has 1 saturated heterocycles. The summed E-state index contributed by atoms with van der Waals surface area (Å²) in [6.07, 6.45) is 0.397. The van der Waals surface area contributed by atoms with Gasteiger partial charge in [0.1, 0.15) is 11.6 Å². The highest BCUT2D eigenvalue weighted by Crippen LogP contribution is 2.34. The third kappa shape index (κ3) is 3.26. The van der Waals surface area contributed by atoms with Crippen LogP contribution in [0.3, 0.4) is 0 Å². The number of imidazole rings is 1. The minimum absolute atomic E-state index is 0.0443. The number of anilines is 1. The van der Waals surface area contributed by atoms with Crippen LogP contribution in [0.2, 0.25) is 0 Å². The number of carbonyl (C=O) groups is 1. The number of amides is 1. The van der Waals surface area contributed by atoms with Gasteiger partial charge in [-0.25, -0.2) is 9.37 Å². The minimum Gasteiger partial charge on any atom is -0.323 e. The molecule has 0 unspecified atom stereocenters. The van der Waals surface area contributed by atoms with E-state index in [1.165, 1.54) is 6.07 Å². The summed E-state index contributed by atoms with van der Waals surface area (Å²) >= 11 is 0. The van der Waals surface area contributed by atoms with Crippen molar-refractivity contribution in [3.63, 3.8) is 0 Å². The van der Waals surface area contributed by atoms with Gasteiger partial charge in [-0.2, -0.15) is 0 Å². The van der Waals surface area contributed by atoms with Crippen molar-refractivity contribution in [2.45, 2.75) is 25.8 Å². The molecule has 0 bridgehead atoms. The van der Waals surface area contributed by atoms with Gasteiger partial charge in [-0.1, -0.05) is 42.5 Å². The Hall–Kier alpha value is -3.47. The number of aromatic nitrogens is 2. The number of hydrogen-bond acceptors (Lipinski definition) is 2.